The van der Waals surface area contributed by atoms with Gasteiger partial charge in [-0.3, -0.25) is 24.0 Å². The van der Waals surface area contributed by atoms with Crippen LogP contribution in [-0.4, -0.2) is 87.9 Å². The highest BCUT2D eigenvalue weighted by molar-refractivity contribution is 6.01. The van der Waals surface area contributed by atoms with E-state index in [-0.39, 0.29) is 76.7 Å². The Morgan fingerprint density at radius 3 is 2.21 bits per heavy atom. The molecule has 0 aromatic heterocycles. The van der Waals surface area contributed by atoms with Crippen molar-refractivity contribution in [3.05, 3.63) is 11.1 Å². The molecule has 2 amide bonds. The molecular weight excluding hydrogens is 733 g/mol. The van der Waals surface area contributed by atoms with E-state index in [1.54, 1.807) is 18.7 Å². The minimum atomic E-state index is -1.19. The van der Waals surface area contributed by atoms with Crippen LogP contribution < -0.4 is 0 Å². The molecule has 5 saturated carbocycles. The van der Waals surface area contributed by atoms with E-state index in [9.17, 15) is 34.2 Å². The van der Waals surface area contributed by atoms with Gasteiger partial charge in [0.05, 0.1) is 24.5 Å². The van der Waals surface area contributed by atoms with E-state index in [0.717, 1.165) is 76.2 Å². The third-order valence-electron chi connectivity index (χ3n) is 18.4. The average molecular weight is 807 g/mol. The summed E-state index contributed by atoms with van der Waals surface area (Å²) < 4.78 is 6.18. The van der Waals surface area contributed by atoms with Gasteiger partial charge in [0.2, 0.25) is 11.8 Å². The number of carboxylic acids is 1. The lowest BCUT2D eigenvalue weighted by atomic mass is 9.33. The Balaban J connectivity index is 1.15. The molecule has 7 aliphatic rings. The van der Waals surface area contributed by atoms with Crippen LogP contribution in [0.4, 0.5) is 0 Å². The summed E-state index contributed by atoms with van der Waals surface area (Å²) in [6.07, 6.45) is 10.9. The SMILES string of the molecule is CC(C)C1=C2[C@H]3CC[C@@H]4[C@@]5(C)CC[C@@H](OC(=O)CC(C)(C)C(=O)O)C(C)(C)[C@@H]5CC[C@@]4(C)[C@]3(C)CC[C@@]2([C@@H](O)CN(CC2CCC2)C(=O)CN2CCCC2=O)CC1=O. The summed E-state index contributed by atoms with van der Waals surface area (Å²) in [6.45, 7) is 20.9. The predicted octanol–water partition coefficient (Wildman–Crippen LogP) is 7.99. The van der Waals surface area contributed by atoms with Gasteiger partial charge in [0, 0.05) is 43.3 Å². The Labute approximate surface area is 347 Å². The maximum Gasteiger partial charge on any atom is 0.309 e. The minimum absolute atomic E-state index is 0.0153. The highest BCUT2D eigenvalue weighted by atomic mass is 16.5. The normalized spacial score (nSPS) is 37.7. The van der Waals surface area contributed by atoms with E-state index in [0.29, 0.717) is 50.1 Å². The number of Topliss-reactive ketones (excluding diaryl/α,β-unsaturated/α-hetero) is 1. The number of amides is 2. The Morgan fingerprint density at radius 1 is 0.897 bits per heavy atom. The number of carboxylic acid groups (broad SMARTS) is 1. The van der Waals surface area contributed by atoms with Crippen LogP contribution in [0, 0.1) is 62.1 Å². The molecule has 324 valence electrons. The Kier molecular flexibility index (Phi) is 11.2. The van der Waals surface area contributed by atoms with Crippen LogP contribution in [0.5, 0.6) is 0 Å². The monoisotopic (exact) mass is 807 g/mol. The van der Waals surface area contributed by atoms with Crippen molar-refractivity contribution in [2.24, 2.45) is 62.1 Å². The number of nitrogens with zero attached hydrogens (tertiary/aromatic N) is 2. The summed E-state index contributed by atoms with van der Waals surface area (Å²) >= 11 is 0. The molecule has 1 aliphatic heterocycles. The van der Waals surface area contributed by atoms with Crippen LogP contribution in [0.3, 0.4) is 0 Å². The first-order valence-corrected chi connectivity index (χ1v) is 23.0. The van der Waals surface area contributed by atoms with Crippen molar-refractivity contribution in [3.63, 3.8) is 0 Å². The Bertz CT molecular complexity index is 1730. The quantitative estimate of drug-likeness (QED) is 0.189. The molecule has 0 unspecified atom stereocenters. The molecular formula is C48H74N2O8. The van der Waals surface area contributed by atoms with Crippen molar-refractivity contribution < 1.29 is 38.9 Å². The van der Waals surface area contributed by atoms with E-state index in [1.807, 2.05) is 4.90 Å². The number of allylic oxidation sites excluding steroid dienone is 1. The van der Waals surface area contributed by atoms with Gasteiger partial charge >= 0.3 is 11.9 Å². The van der Waals surface area contributed by atoms with Crippen LogP contribution in [0.25, 0.3) is 0 Å². The number of hydrogen-bond donors (Lipinski definition) is 2. The van der Waals surface area contributed by atoms with Crippen LogP contribution in [0.2, 0.25) is 0 Å². The summed E-state index contributed by atoms with van der Waals surface area (Å²) in [4.78, 5) is 69.3. The van der Waals surface area contributed by atoms with E-state index in [4.69, 9.17) is 4.74 Å². The molecule has 9 atom stereocenters. The van der Waals surface area contributed by atoms with Crippen LogP contribution in [0.1, 0.15) is 159 Å². The van der Waals surface area contributed by atoms with E-state index < -0.39 is 28.9 Å². The number of aliphatic hydroxyl groups is 1. The molecule has 0 radical (unpaired) electrons. The lowest BCUT2D eigenvalue weighted by Crippen LogP contribution is -2.66. The fraction of sp³-hybridized carbons (Fsp3) is 0.854. The molecule has 1 heterocycles. The summed E-state index contributed by atoms with van der Waals surface area (Å²) in [5.74, 6) is 0.0205. The Hall–Kier alpha value is -2.75. The van der Waals surface area contributed by atoms with E-state index in [1.165, 1.54) is 5.57 Å². The first-order chi connectivity index (χ1) is 27.0. The minimum Gasteiger partial charge on any atom is -0.481 e. The number of hydrogen-bond acceptors (Lipinski definition) is 7. The second-order valence-corrected chi connectivity index (χ2v) is 22.6. The average Bonchev–Trinajstić information content (AvgIpc) is 3.66. The number of fused-ring (bicyclic) bond motifs is 7. The van der Waals surface area contributed by atoms with Gasteiger partial charge in [0.15, 0.2) is 5.78 Å². The van der Waals surface area contributed by atoms with Crippen molar-refractivity contribution in [2.75, 3.05) is 26.2 Å². The number of carbonyl (C=O) groups excluding carboxylic acids is 4. The maximum atomic E-state index is 14.3. The zero-order valence-electron chi connectivity index (χ0n) is 37.2. The van der Waals surface area contributed by atoms with E-state index in [2.05, 4.69) is 48.5 Å². The first-order valence-electron chi connectivity index (χ1n) is 23.0. The standard InChI is InChI=1S/C48H74N2O8/c1-29(2)40-32(51)24-48(35(52)27-50(26-30-12-10-13-30)38(54)28-49-23-11-14-37(49)53)22-21-46(8)31(41(40)48)15-16-34-45(7)19-18-36(58-39(55)25-43(3,4)42(56)57)44(5,6)33(45)17-20-47(34,46)9/h29-31,33-36,52H,10-28H2,1-9H3,(H,56,57)/t31-,33+,34-,35+,36-,45+,46-,47-,48+/m1/s1. The molecule has 1 saturated heterocycles. The number of ketones is 1. The summed E-state index contributed by atoms with van der Waals surface area (Å²) in [5, 5.41) is 22.3. The van der Waals surface area contributed by atoms with Gasteiger partial charge in [-0.05, 0) is 136 Å². The second-order valence-electron chi connectivity index (χ2n) is 22.6. The van der Waals surface area contributed by atoms with Crippen molar-refractivity contribution in [1.29, 1.82) is 0 Å². The fourth-order valence-corrected chi connectivity index (χ4v) is 14.7. The molecule has 0 aromatic rings. The molecule has 0 aromatic carbocycles. The van der Waals surface area contributed by atoms with E-state index >= 15 is 0 Å². The number of esters is 1. The highest BCUT2D eigenvalue weighted by Crippen LogP contribution is 2.77. The van der Waals surface area contributed by atoms with Crippen molar-refractivity contribution >= 4 is 29.5 Å². The van der Waals surface area contributed by atoms with Gasteiger partial charge in [-0.2, -0.15) is 0 Å². The van der Waals surface area contributed by atoms with Crippen molar-refractivity contribution in [2.45, 2.75) is 171 Å². The molecule has 6 aliphatic carbocycles. The zero-order valence-corrected chi connectivity index (χ0v) is 37.2. The molecule has 0 spiro atoms. The van der Waals surface area contributed by atoms with Gasteiger partial charge in [-0.1, -0.05) is 60.5 Å². The number of carbonyl (C=O) groups is 5. The van der Waals surface area contributed by atoms with Crippen molar-refractivity contribution in [3.8, 4) is 0 Å². The fourth-order valence-electron chi connectivity index (χ4n) is 14.7. The topological polar surface area (TPSA) is 142 Å². The lowest BCUT2D eigenvalue weighted by Gasteiger charge is -2.72. The number of aliphatic hydroxyl groups excluding tert-OH is 1. The molecule has 58 heavy (non-hydrogen) atoms. The number of rotatable bonds is 12. The molecule has 6 fully saturated rings. The van der Waals surface area contributed by atoms with Crippen molar-refractivity contribution in [1.82, 2.24) is 9.80 Å². The molecule has 2 N–H and O–H groups in total. The third-order valence-corrected chi connectivity index (χ3v) is 18.4. The maximum absolute atomic E-state index is 14.3. The van der Waals surface area contributed by atoms with Gasteiger partial charge in [0.25, 0.3) is 0 Å². The highest BCUT2D eigenvalue weighted by Gasteiger charge is 2.71. The largest absolute Gasteiger partial charge is 0.481 e. The molecule has 10 nitrogen and oxygen atoms in total. The van der Waals surface area contributed by atoms with Crippen LogP contribution in [0.15, 0.2) is 11.1 Å². The van der Waals surface area contributed by atoms with Crippen LogP contribution >= 0.6 is 0 Å². The number of aliphatic carboxylic acids is 1. The molecule has 0 bridgehead atoms. The van der Waals surface area contributed by atoms with Gasteiger partial charge in [-0.15, -0.1) is 0 Å². The van der Waals surface area contributed by atoms with Gasteiger partial charge in [-0.25, -0.2) is 0 Å². The lowest BCUT2D eigenvalue weighted by molar-refractivity contribution is -0.235. The summed E-state index contributed by atoms with van der Waals surface area (Å²) in [5.41, 5.74) is -0.142. The first kappa shape index (κ1) is 43.3. The van der Waals surface area contributed by atoms with Gasteiger partial charge in [0.1, 0.15) is 6.10 Å². The second kappa shape index (κ2) is 15.0. The molecule has 7 rings (SSSR count). The zero-order chi connectivity index (χ0) is 42.4. The summed E-state index contributed by atoms with van der Waals surface area (Å²) in [6, 6.07) is 0. The van der Waals surface area contributed by atoms with Gasteiger partial charge < -0.3 is 24.7 Å². The van der Waals surface area contributed by atoms with Crippen LogP contribution in [-0.2, 0) is 28.7 Å². The number of ether oxygens (including phenoxy) is 1. The third kappa shape index (κ3) is 6.80. The smallest absolute Gasteiger partial charge is 0.309 e. The molecule has 10 heteroatoms. The predicted molar refractivity (Wildman–Crippen MR) is 221 cm³/mol. The number of likely N-dealkylation sites (tertiary alicyclic amines) is 1. The summed E-state index contributed by atoms with van der Waals surface area (Å²) in [7, 11) is 0. The Morgan fingerprint density at radius 2 is 1.60 bits per heavy atom.